The van der Waals surface area contributed by atoms with E-state index < -0.39 is 0 Å². The molecule has 1 unspecified atom stereocenters. The van der Waals surface area contributed by atoms with Crippen molar-refractivity contribution in [2.45, 2.75) is 106 Å². The van der Waals surface area contributed by atoms with Crippen LogP contribution in [0.5, 0.6) is 0 Å². The summed E-state index contributed by atoms with van der Waals surface area (Å²) >= 11 is 1.46. The quantitative estimate of drug-likeness (QED) is 0.197. The molecule has 0 saturated heterocycles. The first-order chi connectivity index (χ1) is 19.6. The van der Waals surface area contributed by atoms with E-state index in [-0.39, 0.29) is 10.8 Å². The molecule has 3 aromatic rings. The van der Waals surface area contributed by atoms with E-state index in [1.165, 1.54) is 80.7 Å². The molecule has 2 aliphatic rings. The summed E-state index contributed by atoms with van der Waals surface area (Å²) in [5.74, 6) is 0.573. The Morgan fingerprint density at radius 1 is 0.786 bits per heavy atom. The summed E-state index contributed by atoms with van der Waals surface area (Å²) < 4.78 is 2.17. The monoisotopic (exact) mass is 634 g/mol. The molecule has 0 spiro atoms. The molecule has 0 nitrogen and oxygen atoms in total. The zero-order chi connectivity index (χ0) is 31.3. The van der Waals surface area contributed by atoms with Crippen LogP contribution in [0.2, 0.25) is 0 Å². The van der Waals surface area contributed by atoms with E-state index in [0.717, 1.165) is 12.8 Å². The minimum atomic E-state index is 0.167. The second kappa shape index (κ2) is 14.1. The summed E-state index contributed by atoms with van der Waals surface area (Å²) in [5.41, 5.74) is 13.3. The molecule has 5 rings (SSSR count). The Kier molecular flexibility index (Phi) is 11.6. The van der Waals surface area contributed by atoms with Crippen LogP contribution in [0.3, 0.4) is 0 Å². The Labute approximate surface area is 273 Å². The summed E-state index contributed by atoms with van der Waals surface area (Å²) in [4.78, 5) is 0. The first kappa shape index (κ1) is 34.4. The molecule has 3 aromatic carbocycles. The zero-order valence-corrected chi connectivity index (χ0v) is 30.6. The molecule has 42 heavy (non-hydrogen) atoms. The van der Waals surface area contributed by atoms with Crippen LogP contribution in [0, 0.1) is 23.5 Å². The van der Waals surface area contributed by atoms with Crippen LogP contribution in [0.15, 0.2) is 77.9 Å². The predicted octanol–water partition coefficient (Wildman–Crippen LogP) is 11.2. The number of allylic oxidation sites excluding steroid dienone is 4. The number of hydrogen-bond acceptors (Lipinski definition) is 0. The second-order valence-electron chi connectivity index (χ2n) is 14.7. The SMILES string of the molecule is CC(C)(C)c1[c-]c2c(cc1)-c1ccc(C(C)(C)C)cc1C2.CCC1=[C-]C(CC)C=C1C(C)(C)C.[Zr+2]=[CH]c1ccccc1. The van der Waals surface area contributed by atoms with Gasteiger partial charge in [0.05, 0.1) is 0 Å². The van der Waals surface area contributed by atoms with Gasteiger partial charge in [-0.15, -0.1) is 11.1 Å². The van der Waals surface area contributed by atoms with Crippen LogP contribution >= 0.6 is 0 Å². The van der Waals surface area contributed by atoms with Crippen molar-refractivity contribution in [2.24, 2.45) is 11.3 Å². The third kappa shape index (κ3) is 8.95. The summed E-state index contributed by atoms with van der Waals surface area (Å²) in [5, 5.41) is 0. The van der Waals surface area contributed by atoms with Gasteiger partial charge in [0.25, 0.3) is 0 Å². The molecule has 0 N–H and O–H groups in total. The molecule has 0 bridgehead atoms. The molecular weight excluding hydrogens is 584 g/mol. The van der Waals surface area contributed by atoms with Gasteiger partial charge < -0.3 is 0 Å². The van der Waals surface area contributed by atoms with Crippen molar-refractivity contribution in [1.82, 2.24) is 0 Å². The number of benzene rings is 3. The van der Waals surface area contributed by atoms with E-state index in [4.69, 9.17) is 0 Å². The molecule has 0 aromatic heterocycles. The van der Waals surface area contributed by atoms with Gasteiger partial charge in [0.2, 0.25) is 0 Å². The number of fused-ring (bicyclic) bond motifs is 3. The van der Waals surface area contributed by atoms with Gasteiger partial charge in [-0.05, 0) is 28.4 Å². The van der Waals surface area contributed by atoms with Crippen molar-refractivity contribution >= 4 is 3.71 Å². The Morgan fingerprint density at radius 2 is 1.43 bits per heavy atom. The van der Waals surface area contributed by atoms with E-state index in [2.05, 4.69) is 153 Å². The molecule has 1 heteroatoms. The van der Waals surface area contributed by atoms with Crippen LogP contribution in [-0.2, 0) is 41.5 Å². The number of hydrogen-bond donors (Lipinski definition) is 0. The molecule has 0 radical (unpaired) electrons. The van der Waals surface area contributed by atoms with Crippen LogP contribution in [0.1, 0.15) is 117 Å². The Hall–Kier alpha value is -2.11. The van der Waals surface area contributed by atoms with Gasteiger partial charge in [0.15, 0.2) is 0 Å². The maximum absolute atomic E-state index is 3.67. The maximum atomic E-state index is 3.67. The molecular formula is C41H52Zr. The van der Waals surface area contributed by atoms with Crippen LogP contribution in [0.4, 0.5) is 0 Å². The summed E-state index contributed by atoms with van der Waals surface area (Å²) in [6.45, 7) is 24.9. The third-order valence-electron chi connectivity index (χ3n) is 8.08. The van der Waals surface area contributed by atoms with Crippen molar-refractivity contribution in [3.05, 3.63) is 118 Å². The summed E-state index contributed by atoms with van der Waals surface area (Å²) in [6, 6.07) is 25.5. The average Bonchev–Trinajstić information content (AvgIpc) is 3.54. The van der Waals surface area contributed by atoms with Gasteiger partial charge in [0, 0.05) is 0 Å². The molecule has 0 fully saturated rings. The zero-order valence-electron chi connectivity index (χ0n) is 28.1. The fraction of sp³-hybridized carbons (Fsp3) is 0.439. The van der Waals surface area contributed by atoms with E-state index in [1.54, 1.807) is 0 Å². The Bertz CT molecular complexity index is 1350. The summed E-state index contributed by atoms with van der Waals surface area (Å²) in [7, 11) is 0. The third-order valence-corrected chi connectivity index (χ3v) is 8.90. The van der Waals surface area contributed by atoms with Crippen molar-refractivity contribution in [2.75, 3.05) is 0 Å². The first-order valence-electron chi connectivity index (χ1n) is 15.7. The second-order valence-corrected chi connectivity index (χ2v) is 15.4. The summed E-state index contributed by atoms with van der Waals surface area (Å²) in [6.07, 6.45) is 9.31. The fourth-order valence-electron chi connectivity index (χ4n) is 5.44. The van der Waals surface area contributed by atoms with Crippen LogP contribution in [0.25, 0.3) is 11.1 Å². The average molecular weight is 636 g/mol. The fourth-order valence-corrected chi connectivity index (χ4v) is 5.91. The molecule has 0 aliphatic heterocycles. The van der Waals surface area contributed by atoms with Crippen molar-refractivity contribution in [1.29, 1.82) is 0 Å². The molecule has 0 saturated carbocycles. The van der Waals surface area contributed by atoms with Gasteiger partial charge >= 0.3 is 63.8 Å². The minimum absolute atomic E-state index is 0.167. The van der Waals surface area contributed by atoms with E-state index in [1.807, 2.05) is 6.07 Å². The van der Waals surface area contributed by atoms with E-state index in [0.29, 0.717) is 11.3 Å². The molecule has 0 heterocycles. The Balaban J connectivity index is 0.000000196. The van der Waals surface area contributed by atoms with Crippen LogP contribution < -0.4 is 0 Å². The van der Waals surface area contributed by atoms with Gasteiger partial charge in [-0.2, -0.15) is 35.4 Å². The van der Waals surface area contributed by atoms with E-state index in [9.17, 15) is 0 Å². The van der Waals surface area contributed by atoms with Gasteiger partial charge in [0.1, 0.15) is 0 Å². The topological polar surface area (TPSA) is 0 Å². The van der Waals surface area contributed by atoms with Crippen molar-refractivity contribution < 1.29 is 24.2 Å². The van der Waals surface area contributed by atoms with Crippen molar-refractivity contribution in [3.63, 3.8) is 0 Å². The standard InChI is InChI=1S/C21H25.C13H21.C7H6.Zr/c1-20(2,3)16-7-9-18-14(12-16)11-15-13-17(21(4,5)6)8-10-19(15)18;1-6-10-8-11(7-2)12(9-10)13(3,4)5;1-7-5-3-2-4-6-7;/h7-10,12H,11H2,1-6H3;9-10H,6-7H2,1-5H3;1-6H;/q2*-1;;+2. The normalized spacial score (nSPS) is 15.8. The predicted molar refractivity (Wildman–Crippen MR) is 181 cm³/mol. The number of rotatable bonds is 3. The molecule has 1 atom stereocenters. The van der Waals surface area contributed by atoms with Gasteiger partial charge in [-0.1, -0.05) is 124 Å². The van der Waals surface area contributed by atoms with Crippen molar-refractivity contribution in [3.8, 4) is 11.1 Å². The van der Waals surface area contributed by atoms with Gasteiger partial charge in [-0.3, -0.25) is 6.08 Å². The molecule has 0 amide bonds. The molecule has 2 aliphatic carbocycles. The Morgan fingerprint density at radius 3 is 1.90 bits per heavy atom. The first-order valence-corrected chi connectivity index (χ1v) is 17.1. The van der Waals surface area contributed by atoms with Gasteiger partial charge in [-0.25, -0.2) is 5.57 Å². The van der Waals surface area contributed by atoms with E-state index >= 15 is 0 Å². The molecule has 220 valence electrons. The van der Waals surface area contributed by atoms with Crippen LogP contribution in [-0.4, -0.2) is 3.71 Å².